The van der Waals surface area contributed by atoms with Gasteiger partial charge >= 0.3 is 0 Å². The second-order valence-corrected chi connectivity index (χ2v) is 5.62. The number of likely N-dealkylation sites (N-methyl/N-ethyl adjacent to an activating group) is 1. The fraction of sp³-hybridized carbons (Fsp3) is 0.583. The highest BCUT2D eigenvalue weighted by Gasteiger charge is 2.28. The Bertz CT molecular complexity index is 371. The van der Waals surface area contributed by atoms with Crippen LogP contribution in [0.4, 0.5) is 0 Å². The summed E-state index contributed by atoms with van der Waals surface area (Å²) in [6.45, 7) is 5.72. The van der Waals surface area contributed by atoms with Crippen LogP contribution in [-0.2, 0) is 6.42 Å². The van der Waals surface area contributed by atoms with Crippen molar-refractivity contribution in [2.75, 3.05) is 13.7 Å². The molecule has 4 heteroatoms. The molecule has 1 rings (SSSR count). The van der Waals surface area contributed by atoms with Gasteiger partial charge in [-0.15, -0.1) is 11.3 Å². The van der Waals surface area contributed by atoms with Crippen molar-refractivity contribution in [2.45, 2.75) is 32.7 Å². The van der Waals surface area contributed by atoms with Gasteiger partial charge in [0.2, 0.25) is 0 Å². The molecule has 0 saturated heterocycles. The summed E-state index contributed by atoms with van der Waals surface area (Å²) in [5.74, 6) is -0.0243. The van der Waals surface area contributed by atoms with Gasteiger partial charge < -0.3 is 10.0 Å². The summed E-state index contributed by atoms with van der Waals surface area (Å²) in [6, 6.07) is 3.84. The van der Waals surface area contributed by atoms with Crippen LogP contribution < -0.4 is 0 Å². The minimum atomic E-state index is -0.520. The molecule has 0 aliphatic carbocycles. The Hall–Kier alpha value is -0.870. The molecule has 0 bridgehead atoms. The van der Waals surface area contributed by atoms with Crippen LogP contribution in [0, 0.1) is 0 Å². The number of nitrogens with zero attached hydrogens (tertiary/aromatic N) is 1. The van der Waals surface area contributed by atoms with Crippen molar-refractivity contribution in [3.63, 3.8) is 0 Å². The van der Waals surface area contributed by atoms with E-state index in [2.05, 4.69) is 6.92 Å². The molecule has 0 aliphatic heterocycles. The maximum atomic E-state index is 12.1. The summed E-state index contributed by atoms with van der Waals surface area (Å²) >= 11 is 1.52. The summed E-state index contributed by atoms with van der Waals surface area (Å²) in [7, 11) is 1.73. The average Bonchev–Trinajstić information content (AvgIpc) is 2.75. The first-order valence-electron chi connectivity index (χ1n) is 5.40. The lowest BCUT2D eigenvalue weighted by atomic mass is 10.1. The monoisotopic (exact) mass is 241 g/mol. The third-order valence-corrected chi connectivity index (χ3v) is 4.04. The van der Waals surface area contributed by atoms with Crippen molar-refractivity contribution in [1.29, 1.82) is 0 Å². The summed E-state index contributed by atoms with van der Waals surface area (Å²) in [5, 5.41) is 9.22. The summed E-state index contributed by atoms with van der Waals surface area (Å²) < 4.78 is 0. The summed E-state index contributed by atoms with van der Waals surface area (Å²) in [5.41, 5.74) is -0.520. The molecule has 0 fully saturated rings. The molecule has 1 aromatic rings. The van der Waals surface area contributed by atoms with E-state index in [1.54, 1.807) is 11.9 Å². The number of rotatable bonds is 4. The van der Waals surface area contributed by atoms with Gasteiger partial charge in [0.15, 0.2) is 0 Å². The van der Waals surface area contributed by atoms with E-state index in [1.165, 1.54) is 16.2 Å². The van der Waals surface area contributed by atoms with Gasteiger partial charge in [-0.05, 0) is 32.4 Å². The highest BCUT2D eigenvalue weighted by atomic mass is 32.1. The van der Waals surface area contributed by atoms with E-state index in [0.717, 1.165) is 11.3 Å². The highest BCUT2D eigenvalue weighted by Crippen LogP contribution is 2.21. The van der Waals surface area contributed by atoms with Crippen molar-refractivity contribution < 1.29 is 9.90 Å². The molecular weight excluding hydrogens is 222 g/mol. The van der Waals surface area contributed by atoms with Crippen molar-refractivity contribution in [2.24, 2.45) is 0 Å². The van der Waals surface area contributed by atoms with Crippen molar-refractivity contribution >= 4 is 17.2 Å². The van der Waals surface area contributed by atoms with Crippen LogP contribution in [0.2, 0.25) is 0 Å². The number of hydrogen-bond acceptors (Lipinski definition) is 3. The van der Waals surface area contributed by atoms with E-state index in [1.807, 2.05) is 26.0 Å². The molecule has 0 aromatic carbocycles. The van der Waals surface area contributed by atoms with Crippen molar-refractivity contribution in [1.82, 2.24) is 4.90 Å². The Morgan fingerprint density at radius 1 is 1.50 bits per heavy atom. The summed E-state index contributed by atoms with van der Waals surface area (Å²) in [6.07, 6.45) is 0.949. The molecule has 0 atom stereocenters. The minimum absolute atomic E-state index is 0.0243. The second-order valence-electron chi connectivity index (χ2n) is 4.45. The molecule has 16 heavy (non-hydrogen) atoms. The molecule has 1 heterocycles. The molecule has 1 N–H and O–H groups in total. The van der Waals surface area contributed by atoms with Gasteiger partial charge in [-0.3, -0.25) is 4.79 Å². The number of hydrogen-bond donors (Lipinski definition) is 1. The normalized spacial score (nSPS) is 11.6. The van der Waals surface area contributed by atoms with Gasteiger partial charge in [-0.2, -0.15) is 0 Å². The van der Waals surface area contributed by atoms with Gasteiger partial charge in [-0.25, -0.2) is 0 Å². The van der Waals surface area contributed by atoms with E-state index in [9.17, 15) is 9.90 Å². The molecule has 3 nitrogen and oxygen atoms in total. The molecule has 0 spiro atoms. The SMILES string of the molecule is CCc1ccc(C(=O)N(C)C(C)(C)CO)s1. The molecule has 1 aromatic heterocycles. The topological polar surface area (TPSA) is 40.5 Å². The number of amides is 1. The largest absolute Gasteiger partial charge is 0.394 e. The standard InChI is InChI=1S/C12H19NO2S/c1-5-9-6-7-10(16-9)11(15)13(4)12(2,3)8-14/h6-7,14H,5,8H2,1-4H3. The lowest BCUT2D eigenvalue weighted by Gasteiger charge is -2.33. The summed E-state index contributed by atoms with van der Waals surface area (Å²) in [4.78, 5) is 15.6. The molecule has 0 unspecified atom stereocenters. The lowest BCUT2D eigenvalue weighted by Crippen LogP contribution is -2.47. The van der Waals surface area contributed by atoms with Crippen LogP contribution in [0.3, 0.4) is 0 Å². The number of carbonyl (C=O) groups excluding carboxylic acids is 1. The zero-order valence-electron chi connectivity index (χ0n) is 10.3. The van der Waals surface area contributed by atoms with E-state index < -0.39 is 5.54 Å². The maximum absolute atomic E-state index is 12.1. The number of aliphatic hydroxyl groups is 1. The first kappa shape index (κ1) is 13.2. The van der Waals surface area contributed by atoms with Crippen LogP contribution in [0.5, 0.6) is 0 Å². The zero-order chi connectivity index (χ0) is 12.3. The number of aliphatic hydroxyl groups excluding tert-OH is 1. The van der Waals surface area contributed by atoms with E-state index in [4.69, 9.17) is 0 Å². The predicted octanol–water partition coefficient (Wildman–Crippen LogP) is 2.15. The van der Waals surface area contributed by atoms with Gasteiger partial charge in [0.05, 0.1) is 17.0 Å². The van der Waals surface area contributed by atoms with Crippen molar-refractivity contribution in [3.05, 3.63) is 21.9 Å². The fourth-order valence-corrected chi connectivity index (χ4v) is 2.15. The van der Waals surface area contributed by atoms with Crippen LogP contribution in [0.15, 0.2) is 12.1 Å². The number of thiophene rings is 1. The Morgan fingerprint density at radius 2 is 2.12 bits per heavy atom. The van der Waals surface area contributed by atoms with Crippen LogP contribution in [-0.4, -0.2) is 35.1 Å². The molecule has 0 aliphatic rings. The fourth-order valence-electron chi connectivity index (χ4n) is 1.23. The van der Waals surface area contributed by atoms with E-state index >= 15 is 0 Å². The Balaban J connectivity index is 2.85. The van der Waals surface area contributed by atoms with Gasteiger partial charge in [-0.1, -0.05) is 6.92 Å². The Kier molecular flexibility index (Phi) is 4.10. The molecule has 90 valence electrons. The number of carbonyl (C=O) groups is 1. The maximum Gasteiger partial charge on any atom is 0.264 e. The minimum Gasteiger partial charge on any atom is -0.394 e. The van der Waals surface area contributed by atoms with Crippen LogP contribution in [0.1, 0.15) is 35.3 Å². The third kappa shape index (κ3) is 2.62. The molecule has 0 radical (unpaired) electrons. The molecule has 1 amide bonds. The van der Waals surface area contributed by atoms with Crippen molar-refractivity contribution in [3.8, 4) is 0 Å². The Morgan fingerprint density at radius 3 is 2.56 bits per heavy atom. The first-order chi connectivity index (χ1) is 7.42. The highest BCUT2D eigenvalue weighted by molar-refractivity contribution is 7.14. The predicted molar refractivity (Wildman–Crippen MR) is 67.0 cm³/mol. The van der Waals surface area contributed by atoms with E-state index in [0.29, 0.717) is 0 Å². The first-order valence-corrected chi connectivity index (χ1v) is 6.21. The Labute approximate surface area is 101 Å². The second kappa shape index (κ2) is 4.97. The lowest BCUT2D eigenvalue weighted by molar-refractivity contribution is 0.0478. The third-order valence-electron chi connectivity index (χ3n) is 2.82. The molecular formula is C12H19NO2S. The number of aryl methyl sites for hydroxylation is 1. The quantitative estimate of drug-likeness (QED) is 0.877. The van der Waals surface area contributed by atoms with Gasteiger partial charge in [0, 0.05) is 11.9 Å². The van der Waals surface area contributed by atoms with Gasteiger partial charge in [0.1, 0.15) is 0 Å². The average molecular weight is 241 g/mol. The van der Waals surface area contributed by atoms with Crippen LogP contribution >= 0.6 is 11.3 Å². The van der Waals surface area contributed by atoms with Crippen LogP contribution in [0.25, 0.3) is 0 Å². The van der Waals surface area contributed by atoms with E-state index in [-0.39, 0.29) is 12.5 Å². The molecule has 0 saturated carbocycles. The van der Waals surface area contributed by atoms with Gasteiger partial charge in [0.25, 0.3) is 5.91 Å². The zero-order valence-corrected chi connectivity index (χ0v) is 11.1. The smallest absolute Gasteiger partial charge is 0.264 e.